The molecule has 4 nitrogen and oxygen atoms in total. The number of para-hydroxylation sites is 4. The molecule has 0 saturated heterocycles. The number of hydrogen-bond acceptors (Lipinski definition) is 0. The largest absolute Gasteiger partial charge is 0.409 e. The van der Waals surface area contributed by atoms with Crippen molar-refractivity contribution in [2.75, 3.05) is 0 Å². The molecular weight excluding hydrogens is 681 g/mol. The maximum Gasteiger partial charge on any atom is 0.202 e. The van der Waals surface area contributed by atoms with Gasteiger partial charge in [-0.1, -0.05) is 157 Å². The average molecular weight is 717 g/mol. The highest BCUT2D eigenvalue weighted by Gasteiger charge is 2.21. The third-order valence-electron chi connectivity index (χ3n) is 11.1. The molecule has 11 rings (SSSR count). The van der Waals surface area contributed by atoms with Crippen molar-refractivity contribution >= 4 is 43.6 Å². The third kappa shape index (κ3) is 5.34. The lowest BCUT2D eigenvalue weighted by atomic mass is 10.0. The van der Waals surface area contributed by atoms with E-state index < -0.39 is 0 Å². The molecule has 264 valence electrons. The van der Waals surface area contributed by atoms with E-state index in [0.717, 1.165) is 33.9 Å². The van der Waals surface area contributed by atoms with Crippen LogP contribution in [0.1, 0.15) is 5.56 Å². The fraction of sp³-hybridized carbons (Fsp3) is 0.0192. The Balaban J connectivity index is 1.19. The summed E-state index contributed by atoms with van der Waals surface area (Å²) in [5, 5.41) is 10.3. The molecule has 0 spiro atoms. The van der Waals surface area contributed by atoms with E-state index in [2.05, 4.69) is 220 Å². The minimum Gasteiger partial charge on any atom is -0.409 e. The smallest absolute Gasteiger partial charge is 0.202 e. The Kier molecular flexibility index (Phi) is 7.52. The van der Waals surface area contributed by atoms with E-state index in [-0.39, 0.29) is 0 Å². The van der Waals surface area contributed by atoms with Crippen LogP contribution >= 0.6 is 0 Å². The first kappa shape index (κ1) is 32.0. The predicted molar refractivity (Wildman–Crippen MR) is 230 cm³/mol. The van der Waals surface area contributed by atoms with Gasteiger partial charge >= 0.3 is 0 Å². The van der Waals surface area contributed by atoms with Gasteiger partial charge in [-0.05, 0) is 71.3 Å². The van der Waals surface area contributed by atoms with Gasteiger partial charge in [0.1, 0.15) is 0 Å². The monoisotopic (exact) mass is 716 g/mol. The van der Waals surface area contributed by atoms with Gasteiger partial charge in [-0.25, -0.2) is 0 Å². The number of benzene rings is 8. The molecule has 0 aliphatic heterocycles. The van der Waals surface area contributed by atoms with Crippen molar-refractivity contribution in [1.29, 1.82) is 0 Å². The molecule has 3 heterocycles. The van der Waals surface area contributed by atoms with Gasteiger partial charge < -0.3 is 14.2 Å². The molecule has 0 bridgehead atoms. The van der Waals surface area contributed by atoms with Crippen molar-refractivity contribution < 1.29 is 4.68 Å². The first-order chi connectivity index (χ1) is 27.8. The SMILES string of the molecule is c1ccc(C[n+]2[n-]c(-c3cccc(-c4ccccc4)c3)cc2-c2cc(-n3c4ccccc4c4ccccc43)cc(-n3c4ccccc4c4ccccc43)c2)cc1. The van der Waals surface area contributed by atoms with E-state index in [9.17, 15) is 0 Å². The summed E-state index contributed by atoms with van der Waals surface area (Å²) in [6.07, 6.45) is 0. The van der Waals surface area contributed by atoms with Crippen LogP contribution < -0.4 is 9.78 Å². The maximum absolute atomic E-state index is 5.37. The zero-order chi connectivity index (χ0) is 37.0. The standard InChI is InChI=1S/C52H36N4/c1-3-16-36(17-4-1)35-54-52(34-47(53-54)39-21-15-20-38(30-39)37-18-5-2-6-19-37)40-31-41(55-48-26-11-7-22-43(48)44-23-8-12-27-49(44)55)33-42(32-40)56-50-28-13-9-24-45(50)46-25-10-14-29-51(46)56/h1-34H,35H2. The molecule has 0 amide bonds. The molecule has 4 heteroatoms. The number of rotatable bonds is 7. The van der Waals surface area contributed by atoms with Crippen LogP contribution in [0, 0.1) is 0 Å². The summed E-state index contributed by atoms with van der Waals surface area (Å²) in [6, 6.07) is 74.2. The Morgan fingerprint density at radius 3 is 1.34 bits per heavy atom. The lowest BCUT2D eigenvalue weighted by molar-refractivity contribution is -0.736. The van der Waals surface area contributed by atoms with Gasteiger partial charge in [0.25, 0.3) is 0 Å². The van der Waals surface area contributed by atoms with Crippen LogP contribution in [-0.2, 0) is 6.54 Å². The molecule has 0 fully saturated rings. The zero-order valence-electron chi connectivity index (χ0n) is 30.6. The molecule has 0 aliphatic rings. The Morgan fingerprint density at radius 1 is 0.357 bits per heavy atom. The molecule has 0 unspecified atom stereocenters. The fourth-order valence-corrected chi connectivity index (χ4v) is 8.56. The molecule has 11 aromatic rings. The van der Waals surface area contributed by atoms with Gasteiger partial charge in [-0.15, -0.1) is 0 Å². The van der Waals surface area contributed by atoms with Crippen molar-refractivity contribution in [3.8, 4) is 45.0 Å². The average Bonchev–Trinajstić information content (AvgIpc) is 3.95. The van der Waals surface area contributed by atoms with E-state index >= 15 is 0 Å². The van der Waals surface area contributed by atoms with Gasteiger partial charge in [-0.2, -0.15) is 0 Å². The highest BCUT2D eigenvalue weighted by Crippen LogP contribution is 2.38. The summed E-state index contributed by atoms with van der Waals surface area (Å²) in [4.78, 5) is 0. The van der Waals surface area contributed by atoms with E-state index in [1.165, 1.54) is 60.3 Å². The number of fused-ring (bicyclic) bond motifs is 6. The number of aromatic nitrogens is 4. The van der Waals surface area contributed by atoms with E-state index in [0.29, 0.717) is 6.54 Å². The molecule has 0 atom stereocenters. The quantitative estimate of drug-likeness (QED) is 0.151. The molecule has 8 aromatic carbocycles. The van der Waals surface area contributed by atoms with Crippen LogP contribution in [-0.4, -0.2) is 9.13 Å². The van der Waals surface area contributed by atoms with Crippen LogP contribution in [0.5, 0.6) is 0 Å². The highest BCUT2D eigenvalue weighted by atomic mass is 15.3. The molecule has 56 heavy (non-hydrogen) atoms. The Bertz CT molecular complexity index is 2980. The van der Waals surface area contributed by atoms with Gasteiger partial charge in [0.05, 0.1) is 22.1 Å². The van der Waals surface area contributed by atoms with Crippen LogP contribution in [0.2, 0.25) is 0 Å². The topological polar surface area (TPSA) is 27.8 Å². The summed E-state index contributed by atoms with van der Waals surface area (Å²) < 4.78 is 7.03. The summed E-state index contributed by atoms with van der Waals surface area (Å²) in [5.74, 6) is 0. The molecule has 0 radical (unpaired) electrons. The predicted octanol–water partition coefficient (Wildman–Crippen LogP) is 12.2. The lowest BCUT2D eigenvalue weighted by Gasteiger charge is -2.15. The first-order valence-electron chi connectivity index (χ1n) is 19.2. The molecule has 3 aromatic heterocycles. The van der Waals surface area contributed by atoms with Crippen molar-refractivity contribution in [2.24, 2.45) is 0 Å². The van der Waals surface area contributed by atoms with Crippen molar-refractivity contribution in [1.82, 2.24) is 14.2 Å². The molecule has 0 saturated carbocycles. The zero-order valence-corrected chi connectivity index (χ0v) is 30.6. The molecular formula is C52H36N4. The number of nitrogens with zero attached hydrogens (tertiary/aromatic N) is 4. The van der Waals surface area contributed by atoms with Crippen LogP contribution in [0.4, 0.5) is 0 Å². The van der Waals surface area contributed by atoms with E-state index in [1.54, 1.807) is 0 Å². The minimum atomic E-state index is 0.638. The second-order valence-corrected chi connectivity index (χ2v) is 14.5. The Hall–Kier alpha value is -7.43. The van der Waals surface area contributed by atoms with E-state index in [1.807, 2.05) is 0 Å². The van der Waals surface area contributed by atoms with Gasteiger partial charge in [0.15, 0.2) is 6.54 Å². The first-order valence-corrected chi connectivity index (χ1v) is 19.2. The maximum atomic E-state index is 5.37. The van der Waals surface area contributed by atoms with Gasteiger partial charge in [-0.3, -0.25) is 4.68 Å². The van der Waals surface area contributed by atoms with Crippen LogP contribution in [0.3, 0.4) is 0 Å². The Labute approximate surface area is 324 Å². The molecule has 0 N–H and O–H groups in total. The lowest BCUT2D eigenvalue weighted by Crippen LogP contribution is -2.40. The van der Waals surface area contributed by atoms with Crippen molar-refractivity contribution in [2.45, 2.75) is 6.54 Å². The second-order valence-electron chi connectivity index (χ2n) is 14.5. The fourth-order valence-electron chi connectivity index (χ4n) is 8.56. The third-order valence-corrected chi connectivity index (χ3v) is 11.1. The second kappa shape index (κ2) is 13.2. The van der Waals surface area contributed by atoms with Crippen LogP contribution in [0.15, 0.2) is 206 Å². The van der Waals surface area contributed by atoms with Crippen LogP contribution in [0.25, 0.3) is 88.6 Å². The summed E-state index contributed by atoms with van der Waals surface area (Å²) in [6.45, 7) is 0.638. The van der Waals surface area contributed by atoms with Gasteiger partial charge in [0, 0.05) is 44.0 Å². The molecule has 0 aliphatic carbocycles. The van der Waals surface area contributed by atoms with Gasteiger partial charge in [0.2, 0.25) is 5.69 Å². The highest BCUT2D eigenvalue weighted by molar-refractivity contribution is 6.10. The summed E-state index contributed by atoms with van der Waals surface area (Å²) in [5.41, 5.74) is 14.6. The summed E-state index contributed by atoms with van der Waals surface area (Å²) >= 11 is 0. The van der Waals surface area contributed by atoms with Crippen molar-refractivity contribution in [3.63, 3.8) is 0 Å². The number of hydrogen-bond donors (Lipinski definition) is 0. The van der Waals surface area contributed by atoms with Crippen molar-refractivity contribution in [3.05, 3.63) is 212 Å². The minimum absolute atomic E-state index is 0.638. The normalized spacial score (nSPS) is 11.6. The Morgan fingerprint density at radius 2 is 0.804 bits per heavy atom. The summed E-state index contributed by atoms with van der Waals surface area (Å²) in [7, 11) is 0. The van der Waals surface area contributed by atoms with E-state index in [4.69, 9.17) is 5.10 Å².